The van der Waals surface area contributed by atoms with Gasteiger partial charge in [-0.25, -0.2) is 8.42 Å². The van der Waals surface area contributed by atoms with Crippen molar-refractivity contribution in [3.05, 3.63) is 65.7 Å². The van der Waals surface area contributed by atoms with Crippen LogP contribution in [0.25, 0.3) is 10.8 Å². The molecule has 0 N–H and O–H groups in total. The lowest BCUT2D eigenvalue weighted by Crippen LogP contribution is -2.46. The van der Waals surface area contributed by atoms with Crippen LogP contribution in [0.1, 0.15) is 37.4 Å². The molecule has 0 spiro atoms. The smallest absolute Gasteiger partial charge is 0.243 e. The van der Waals surface area contributed by atoms with Gasteiger partial charge in [0, 0.05) is 13.1 Å². The standard InChI is InChI=1S/C27H32N2O5S/c1-5-13-28(35(31,32)23-11-10-20-8-6-7-9-21(20)15-23)18-27(30)29-14-12-22-16-25(33-3)26(34-4)17-24(22)19(29)2/h6-11,15-17,19H,5,12-14,18H2,1-4H3. The van der Waals surface area contributed by atoms with Crippen LogP contribution in [0.3, 0.4) is 0 Å². The number of benzene rings is 3. The van der Waals surface area contributed by atoms with Crippen LogP contribution in [0.4, 0.5) is 0 Å². The van der Waals surface area contributed by atoms with Crippen molar-refractivity contribution >= 4 is 26.7 Å². The lowest BCUT2D eigenvalue weighted by atomic mass is 9.92. The summed E-state index contributed by atoms with van der Waals surface area (Å²) in [5.41, 5.74) is 2.09. The predicted molar refractivity (Wildman–Crippen MR) is 136 cm³/mol. The quantitative estimate of drug-likeness (QED) is 0.462. The number of rotatable bonds is 8. The van der Waals surface area contributed by atoms with Crippen molar-refractivity contribution in [2.24, 2.45) is 0 Å². The van der Waals surface area contributed by atoms with Gasteiger partial charge in [0.05, 0.1) is 31.7 Å². The first-order valence-corrected chi connectivity index (χ1v) is 13.3. The molecular formula is C27H32N2O5S. The third-order valence-electron chi connectivity index (χ3n) is 6.65. The summed E-state index contributed by atoms with van der Waals surface area (Å²) in [6.07, 6.45) is 1.27. The van der Waals surface area contributed by atoms with Crippen LogP contribution >= 0.6 is 0 Å². The van der Waals surface area contributed by atoms with Crippen LogP contribution in [-0.4, -0.2) is 57.4 Å². The number of carbonyl (C=O) groups excluding carboxylic acids is 1. The van der Waals surface area contributed by atoms with Gasteiger partial charge in [-0.3, -0.25) is 4.79 Å². The van der Waals surface area contributed by atoms with Gasteiger partial charge < -0.3 is 14.4 Å². The Bertz CT molecular complexity index is 1340. The van der Waals surface area contributed by atoms with Crippen molar-refractivity contribution < 1.29 is 22.7 Å². The number of amides is 1. The minimum absolute atomic E-state index is 0.198. The average molecular weight is 497 g/mol. The van der Waals surface area contributed by atoms with Crippen LogP contribution in [-0.2, 0) is 21.2 Å². The van der Waals surface area contributed by atoms with E-state index in [-0.39, 0.29) is 29.9 Å². The van der Waals surface area contributed by atoms with Gasteiger partial charge in [0.1, 0.15) is 0 Å². The van der Waals surface area contributed by atoms with Crippen molar-refractivity contribution in [2.75, 3.05) is 33.9 Å². The van der Waals surface area contributed by atoms with Crippen molar-refractivity contribution in [1.82, 2.24) is 9.21 Å². The molecule has 0 radical (unpaired) electrons. The number of ether oxygens (including phenoxy) is 2. The Kier molecular flexibility index (Phi) is 7.33. The van der Waals surface area contributed by atoms with Crippen LogP contribution in [0, 0.1) is 0 Å². The van der Waals surface area contributed by atoms with Gasteiger partial charge >= 0.3 is 0 Å². The topological polar surface area (TPSA) is 76.2 Å². The minimum Gasteiger partial charge on any atom is -0.493 e. The van der Waals surface area contributed by atoms with Gasteiger partial charge in [-0.2, -0.15) is 4.31 Å². The molecule has 1 amide bonds. The third-order valence-corrected chi connectivity index (χ3v) is 8.49. The number of hydrogen-bond acceptors (Lipinski definition) is 5. The Balaban J connectivity index is 1.59. The third kappa shape index (κ3) is 4.86. The molecule has 0 fully saturated rings. The highest BCUT2D eigenvalue weighted by molar-refractivity contribution is 7.89. The van der Waals surface area contributed by atoms with Gasteiger partial charge in [-0.15, -0.1) is 0 Å². The summed E-state index contributed by atoms with van der Waals surface area (Å²) in [5.74, 6) is 1.06. The molecule has 1 unspecified atom stereocenters. The molecule has 0 saturated carbocycles. The number of hydrogen-bond donors (Lipinski definition) is 0. The lowest BCUT2D eigenvalue weighted by molar-refractivity contribution is -0.134. The minimum atomic E-state index is -3.84. The molecule has 8 heteroatoms. The summed E-state index contributed by atoms with van der Waals surface area (Å²) in [4.78, 5) is 15.4. The normalized spacial score (nSPS) is 15.8. The largest absolute Gasteiger partial charge is 0.493 e. The van der Waals surface area contributed by atoms with Gasteiger partial charge in [0.15, 0.2) is 11.5 Å². The van der Waals surface area contributed by atoms with Crippen LogP contribution in [0.2, 0.25) is 0 Å². The molecule has 1 aliphatic rings. The second-order valence-corrected chi connectivity index (χ2v) is 10.7. The van der Waals surface area contributed by atoms with E-state index in [2.05, 4.69) is 0 Å². The molecule has 3 aromatic carbocycles. The van der Waals surface area contributed by atoms with Crippen LogP contribution < -0.4 is 9.47 Å². The molecule has 0 aromatic heterocycles. The number of fused-ring (bicyclic) bond motifs is 2. The molecule has 1 aliphatic heterocycles. The molecule has 3 aromatic rings. The van der Waals surface area contributed by atoms with Crippen molar-refractivity contribution in [3.63, 3.8) is 0 Å². The van der Waals surface area contributed by atoms with E-state index in [0.29, 0.717) is 30.9 Å². The highest BCUT2D eigenvalue weighted by Gasteiger charge is 2.33. The summed E-state index contributed by atoms with van der Waals surface area (Å²) in [6, 6.07) is 16.4. The molecule has 7 nitrogen and oxygen atoms in total. The zero-order valence-corrected chi connectivity index (χ0v) is 21.5. The van der Waals surface area contributed by atoms with E-state index < -0.39 is 10.0 Å². The lowest BCUT2D eigenvalue weighted by Gasteiger charge is -2.37. The predicted octanol–water partition coefficient (Wildman–Crippen LogP) is 4.40. The Hall–Kier alpha value is -3.10. The molecule has 1 heterocycles. The Morgan fingerprint density at radius 1 is 1.03 bits per heavy atom. The molecule has 4 rings (SSSR count). The molecular weight excluding hydrogens is 464 g/mol. The molecule has 35 heavy (non-hydrogen) atoms. The fourth-order valence-corrected chi connectivity index (χ4v) is 6.25. The maximum Gasteiger partial charge on any atom is 0.243 e. The van der Waals surface area contributed by atoms with E-state index in [0.717, 1.165) is 21.9 Å². The van der Waals surface area contributed by atoms with Crippen molar-refractivity contribution in [2.45, 2.75) is 37.6 Å². The molecule has 1 atom stereocenters. The first-order valence-electron chi connectivity index (χ1n) is 11.8. The Morgan fingerprint density at radius 2 is 1.71 bits per heavy atom. The molecule has 0 saturated heterocycles. The number of nitrogens with zero attached hydrogens (tertiary/aromatic N) is 2. The summed E-state index contributed by atoms with van der Waals surface area (Å²) in [7, 11) is -0.651. The summed E-state index contributed by atoms with van der Waals surface area (Å²) >= 11 is 0. The van der Waals surface area contributed by atoms with E-state index in [1.165, 1.54) is 4.31 Å². The van der Waals surface area contributed by atoms with E-state index >= 15 is 0 Å². The molecule has 186 valence electrons. The van der Waals surface area contributed by atoms with Crippen LogP contribution in [0.15, 0.2) is 59.5 Å². The summed E-state index contributed by atoms with van der Waals surface area (Å²) < 4.78 is 39.3. The van der Waals surface area contributed by atoms with Crippen LogP contribution in [0.5, 0.6) is 11.5 Å². The SMILES string of the molecule is CCCN(CC(=O)N1CCc2cc(OC)c(OC)cc2C1C)S(=O)(=O)c1ccc2ccccc2c1. The van der Waals surface area contributed by atoms with E-state index in [1.54, 1.807) is 37.3 Å². The second-order valence-electron chi connectivity index (χ2n) is 8.77. The van der Waals surface area contributed by atoms with Gasteiger partial charge in [0.25, 0.3) is 0 Å². The van der Waals surface area contributed by atoms with E-state index in [1.807, 2.05) is 50.2 Å². The monoisotopic (exact) mass is 496 g/mol. The summed E-state index contributed by atoms with van der Waals surface area (Å²) in [6.45, 7) is 4.45. The first kappa shape index (κ1) is 25.0. The Labute approximate surface area is 207 Å². The van der Waals surface area contributed by atoms with Crippen molar-refractivity contribution in [3.8, 4) is 11.5 Å². The Morgan fingerprint density at radius 3 is 2.40 bits per heavy atom. The van der Waals surface area contributed by atoms with E-state index in [4.69, 9.17) is 9.47 Å². The summed E-state index contributed by atoms with van der Waals surface area (Å²) in [5, 5.41) is 1.82. The molecule has 0 bridgehead atoms. The fraction of sp³-hybridized carbons (Fsp3) is 0.370. The number of methoxy groups -OCH3 is 2. The van der Waals surface area contributed by atoms with E-state index in [9.17, 15) is 13.2 Å². The maximum absolute atomic E-state index is 13.5. The van der Waals surface area contributed by atoms with Crippen molar-refractivity contribution in [1.29, 1.82) is 0 Å². The van der Waals surface area contributed by atoms with Gasteiger partial charge in [0.2, 0.25) is 15.9 Å². The average Bonchev–Trinajstić information content (AvgIpc) is 2.87. The fourth-order valence-electron chi connectivity index (χ4n) is 4.74. The number of carbonyl (C=O) groups is 1. The zero-order valence-electron chi connectivity index (χ0n) is 20.7. The highest BCUT2D eigenvalue weighted by atomic mass is 32.2. The van der Waals surface area contributed by atoms with Gasteiger partial charge in [-0.1, -0.05) is 37.3 Å². The zero-order chi connectivity index (χ0) is 25.2. The highest BCUT2D eigenvalue weighted by Crippen LogP contribution is 2.38. The number of sulfonamides is 1. The van der Waals surface area contributed by atoms with Gasteiger partial charge in [-0.05, 0) is 65.9 Å². The molecule has 0 aliphatic carbocycles. The first-order chi connectivity index (χ1) is 16.8. The second kappa shape index (κ2) is 10.3. The maximum atomic E-state index is 13.5.